The summed E-state index contributed by atoms with van der Waals surface area (Å²) in [5, 5.41) is 13.8. The van der Waals surface area contributed by atoms with Crippen LogP contribution in [0.3, 0.4) is 0 Å². The van der Waals surface area contributed by atoms with Gasteiger partial charge < -0.3 is 10.1 Å². The number of carbonyl (C=O) groups is 1. The number of halogens is 2. The Labute approximate surface area is 142 Å². The standard InChI is InChI=1S/C15H12Cl2N2O4/c1-9-6-11(3-4-12(9)16)23-8-15(20)18-14-5-2-10(19(21)22)7-13(14)17/h2-7H,8H2,1H3,(H,18,20). The van der Waals surface area contributed by atoms with Crippen LogP contribution in [0, 0.1) is 17.0 Å². The molecule has 0 aliphatic heterocycles. The zero-order valence-corrected chi connectivity index (χ0v) is 13.5. The lowest BCUT2D eigenvalue weighted by Crippen LogP contribution is -2.20. The Morgan fingerprint density at radius 3 is 2.57 bits per heavy atom. The van der Waals surface area contributed by atoms with Gasteiger partial charge in [-0.15, -0.1) is 0 Å². The van der Waals surface area contributed by atoms with Crippen LogP contribution < -0.4 is 10.1 Å². The van der Waals surface area contributed by atoms with E-state index in [1.165, 1.54) is 18.2 Å². The van der Waals surface area contributed by atoms with Crippen LogP contribution in [0.1, 0.15) is 5.56 Å². The zero-order chi connectivity index (χ0) is 17.0. The average Bonchev–Trinajstić information content (AvgIpc) is 2.50. The van der Waals surface area contributed by atoms with E-state index in [9.17, 15) is 14.9 Å². The molecule has 2 rings (SSSR count). The number of aryl methyl sites for hydroxylation is 1. The Morgan fingerprint density at radius 1 is 1.22 bits per heavy atom. The van der Waals surface area contributed by atoms with Gasteiger partial charge in [-0.05, 0) is 36.8 Å². The lowest BCUT2D eigenvalue weighted by atomic mass is 10.2. The minimum absolute atomic E-state index is 0.0786. The van der Waals surface area contributed by atoms with Crippen molar-refractivity contribution < 1.29 is 14.5 Å². The number of nitrogens with one attached hydrogen (secondary N) is 1. The maximum absolute atomic E-state index is 11.9. The van der Waals surface area contributed by atoms with Gasteiger partial charge in [-0.25, -0.2) is 0 Å². The minimum Gasteiger partial charge on any atom is -0.484 e. The Kier molecular flexibility index (Phi) is 5.41. The first-order valence-corrected chi connectivity index (χ1v) is 7.25. The maximum Gasteiger partial charge on any atom is 0.271 e. The van der Waals surface area contributed by atoms with Gasteiger partial charge in [-0.3, -0.25) is 14.9 Å². The number of hydrogen-bond donors (Lipinski definition) is 1. The quantitative estimate of drug-likeness (QED) is 0.643. The van der Waals surface area contributed by atoms with E-state index in [1.54, 1.807) is 18.2 Å². The molecule has 2 aromatic rings. The summed E-state index contributed by atoms with van der Waals surface area (Å²) in [7, 11) is 0. The number of nitro benzene ring substituents is 1. The molecule has 0 radical (unpaired) electrons. The first-order chi connectivity index (χ1) is 10.9. The maximum atomic E-state index is 11.9. The van der Waals surface area contributed by atoms with Crippen LogP contribution in [0.4, 0.5) is 11.4 Å². The summed E-state index contributed by atoms with van der Waals surface area (Å²) < 4.78 is 5.36. The van der Waals surface area contributed by atoms with Crippen molar-refractivity contribution >= 4 is 40.5 Å². The van der Waals surface area contributed by atoms with Crippen LogP contribution in [-0.4, -0.2) is 17.4 Å². The third-order valence-corrected chi connectivity index (χ3v) is 3.67. The summed E-state index contributed by atoms with van der Waals surface area (Å²) in [6.45, 7) is 1.60. The van der Waals surface area contributed by atoms with E-state index in [-0.39, 0.29) is 23.0 Å². The van der Waals surface area contributed by atoms with Crippen molar-refractivity contribution in [2.45, 2.75) is 6.92 Å². The van der Waals surface area contributed by atoms with Gasteiger partial charge in [-0.1, -0.05) is 23.2 Å². The Hall–Kier alpha value is -2.31. The van der Waals surface area contributed by atoms with Gasteiger partial charge >= 0.3 is 0 Å². The van der Waals surface area contributed by atoms with Gasteiger partial charge in [0.05, 0.1) is 15.6 Å². The molecule has 0 aliphatic rings. The third kappa shape index (κ3) is 4.58. The number of benzene rings is 2. The molecule has 1 amide bonds. The van der Waals surface area contributed by atoms with E-state index in [4.69, 9.17) is 27.9 Å². The van der Waals surface area contributed by atoms with Gasteiger partial charge in [0, 0.05) is 17.2 Å². The number of hydrogen-bond acceptors (Lipinski definition) is 4. The van der Waals surface area contributed by atoms with Crippen LogP contribution in [0.15, 0.2) is 36.4 Å². The predicted octanol–water partition coefficient (Wildman–Crippen LogP) is 4.23. The van der Waals surface area contributed by atoms with Crippen molar-refractivity contribution in [2.75, 3.05) is 11.9 Å². The average molecular weight is 355 g/mol. The summed E-state index contributed by atoms with van der Waals surface area (Å²) in [5.41, 5.74) is 0.960. The number of amides is 1. The molecular weight excluding hydrogens is 343 g/mol. The molecule has 0 aliphatic carbocycles. The van der Waals surface area contributed by atoms with Crippen molar-refractivity contribution in [3.8, 4) is 5.75 Å². The van der Waals surface area contributed by atoms with Gasteiger partial charge in [0.2, 0.25) is 0 Å². The molecule has 0 aromatic heterocycles. The molecule has 0 saturated carbocycles. The molecule has 0 fully saturated rings. The van der Waals surface area contributed by atoms with Crippen LogP contribution >= 0.6 is 23.2 Å². The lowest BCUT2D eigenvalue weighted by Gasteiger charge is -2.09. The summed E-state index contributed by atoms with van der Waals surface area (Å²) in [6, 6.07) is 8.84. The van der Waals surface area contributed by atoms with E-state index < -0.39 is 10.8 Å². The number of ether oxygens (including phenoxy) is 1. The first-order valence-electron chi connectivity index (χ1n) is 6.49. The van der Waals surface area contributed by atoms with Crippen LogP contribution in [0.5, 0.6) is 5.75 Å². The van der Waals surface area contributed by atoms with E-state index >= 15 is 0 Å². The molecule has 2 aromatic carbocycles. The highest BCUT2D eigenvalue weighted by Gasteiger charge is 2.12. The smallest absolute Gasteiger partial charge is 0.271 e. The molecule has 23 heavy (non-hydrogen) atoms. The molecule has 0 spiro atoms. The summed E-state index contributed by atoms with van der Waals surface area (Å²) in [6.07, 6.45) is 0. The molecule has 0 unspecified atom stereocenters. The Morgan fingerprint density at radius 2 is 1.96 bits per heavy atom. The highest BCUT2D eigenvalue weighted by atomic mass is 35.5. The fraction of sp³-hybridized carbons (Fsp3) is 0.133. The number of rotatable bonds is 5. The molecular formula is C15H12Cl2N2O4. The normalized spacial score (nSPS) is 10.2. The van der Waals surface area contributed by atoms with Crippen LogP contribution in [-0.2, 0) is 4.79 Å². The van der Waals surface area contributed by atoms with E-state index in [0.29, 0.717) is 10.8 Å². The fourth-order valence-electron chi connectivity index (χ4n) is 1.76. The Bertz CT molecular complexity index is 765. The molecule has 8 heteroatoms. The molecule has 6 nitrogen and oxygen atoms in total. The monoisotopic (exact) mass is 354 g/mol. The van der Waals surface area contributed by atoms with Crippen LogP contribution in [0.25, 0.3) is 0 Å². The highest BCUT2D eigenvalue weighted by Crippen LogP contribution is 2.26. The zero-order valence-electron chi connectivity index (χ0n) is 12.0. The number of nitro groups is 1. The number of anilines is 1. The molecule has 0 atom stereocenters. The van der Waals surface area contributed by atoms with Crippen molar-refractivity contribution in [3.63, 3.8) is 0 Å². The van der Waals surface area contributed by atoms with Gasteiger partial charge in [0.1, 0.15) is 5.75 Å². The molecule has 0 saturated heterocycles. The second-order valence-corrected chi connectivity index (χ2v) is 5.48. The summed E-state index contributed by atoms with van der Waals surface area (Å²) in [4.78, 5) is 21.9. The van der Waals surface area contributed by atoms with Crippen molar-refractivity contribution in [3.05, 3.63) is 62.1 Å². The highest BCUT2D eigenvalue weighted by molar-refractivity contribution is 6.34. The minimum atomic E-state index is -0.566. The van der Waals surface area contributed by atoms with Gasteiger partial charge in [0.25, 0.3) is 11.6 Å². The predicted molar refractivity (Wildman–Crippen MR) is 88.4 cm³/mol. The van der Waals surface area contributed by atoms with E-state index in [1.807, 2.05) is 6.92 Å². The van der Waals surface area contributed by atoms with E-state index in [2.05, 4.69) is 5.32 Å². The van der Waals surface area contributed by atoms with Crippen molar-refractivity contribution in [2.24, 2.45) is 0 Å². The number of nitrogens with zero attached hydrogens (tertiary/aromatic N) is 1. The number of non-ortho nitro benzene ring substituents is 1. The van der Waals surface area contributed by atoms with Gasteiger partial charge in [-0.2, -0.15) is 0 Å². The second kappa shape index (κ2) is 7.30. The first kappa shape index (κ1) is 17.1. The van der Waals surface area contributed by atoms with Crippen LogP contribution in [0.2, 0.25) is 10.0 Å². The van der Waals surface area contributed by atoms with Crippen molar-refractivity contribution in [1.29, 1.82) is 0 Å². The molecule has 0 bridgehead atoms. The second-order valence-electron chi connectivity index (χ2n) is 4.67. The fourth-order valence-corrected chi connectivity index (χ4v) is 2.10. The molecule has 0 heterocycles. The van der Waals surface area contributed by atoms with Gasteiger partial charge in [0.15, 0.2) is 6.61 Å². The summed E-state index contributed by atoms with van der Waals surface area (Å²) in [5.74, 6) is 0.0743. The third-order valence-electron chi connectivity index (χ3n) is 2.94. The van der Waals surface area contributed by atoms with E-state index in [0.717, 1.165) is 5.56 Å². The SMILES string of the molecule is Cc1cc(OCC(=O)Nc2ccc([N+](=O)[O-])cc2Cl)ccc1Cl. The molecule has 1 N–H and O–H groups in total. The topological polar surface area (TPSA) is 81.5 Å². The lowest BCUT2D eigenvalue weighted by molar-refractivity contribution is -0.384. The van der Waals surface area contributed by atoms with Crippen molar-refractivity contribution in [1.82, 2.24) is 0 Å². The largest absolute Gasteiger partial charge is 0.484 e. The molecule has 120 valence electrons. The number of carbonyl (C=O) groups excluding carboxylic acids is 1. The summed E-state index contributed by atoms with van der Waals surface area (Å²) >= 11 is 11.8. The Balaban J connectivity index is 1.97.